The summed E-state index contributed by atoms with van der Waals surface area (Å²) < 4.78 is 5.43. The standard InChI is InChI=1S/C17H15ClN2O3S3/c1-23-16(22)8-11(12-3-2-6-24-12)20-15(21)7-10-9-25-17(19-10)13-4-5-14(18)26-13/h2-6,9,11H,7-8H2,1H3,(H,20,21). The predicted octanol–water partition coefficient (Wildman–Crippen LogP) is 4.55. The van der Waals surface area contributed by atoms with Gasteiger partial charge in [-0.1, -0.05) is 17.7 Å². The van der Waals surface area contributed by atoms with E-state index in [0.717, 1.165) is 14.8 Å². The summed E-state index contributed by atoms with van der Waals surface area (Å²) in [7, 11) is 1.34. The maximum absolute atomic E-state index is 12.4. The molecule has 3 rings (SSSR count). The number of amides is 1. The van der Waals surface area contributed by atoms with E-state index >= 15 is 0 Å². The number of thiazole rings is 1. The molecule has 1 amide bonds. The summed E-state index contributed by atoms with van der Waals surface area (Å²) in [6.45, 7) is 0. The monoisotopic (exact) mass is 426 g/mol. The Morgan fingerprint density at radius 2 is 2.15 bits per heavy atom. The van der Waals surface area contributed by atoms with Gasteiger partial charge < -0.3 is 10.1 Å². The van der Waals surface area contributed by atoms with Crippen molar-refractivity contribution in [2.75, 3.05) is 7.11 Å². The number of ether oxygens (including phenoxy) is 1. The zero-order chi connectivity index (χ0) is 18.5. The van der Waals surface area contributed by atoms with Gasteiger partial charge in [-0.25, -0.2) is 4.98 Å². The maximum atomic E-state index is 12.4. The van der Waals surface area contributed by atoms with Gasteiger partial charge in [0.1, 0.15) is 5.01 Å². The number of carbonyl (C=O) groups excluding carboxylic acids is 2. The van der Waals surface area contributed by atoms with Crippen LogP contribution in [0.2, 0.25) is 4.34 Å². The van der Waals surface area contributed by atoms with Crippen LogP contribution in [0.4, 0.5) is 0 Å². The highest BCUT2D eigenvalue weighted by atomic mass is 35.5. The van der Waals surface area contributed by atoms with E-state index in [9.17, 15) is 9.59 Å². The van der Waals surface area contributed by atoms with Crippen LogP contribution in [0.1, 0.15) is 23.0 Å². The van der Waals surface area contributed by atoms with Crippen molar-refractivity contribution >= 4 is 57.5 Å². The van der Waals surface area contributed by atoms with E-state index in [4.69, 9.17) is 16.3 Å². The van der Waals surface area contributed by atoms with Crippen molar-refractivity contribution in [3.05, 3.63) is 49.9 Å². The third kappa shape index (κ3) is 4.91. The second kappa shape index (κ2) is 8.77. The van der Waals surface area contributed by atoms with Crippen LogP contribution in [0.5, 0.6) is 0 Å². The van der Waals surface area contributed by atoms with Gasteiger partial charge >= 0.3 is 5.97 Å². The third-order valence-electron chi connectivity index (χ3n) is 3.50. The Hall–Kier alpha value is -1.74. The first kappa shape index (κ1) is 19.0. The number of nitrogens with zero attached hydrogens (tertiary/aromatic N) is 1. The van der Waals surface area contributed by atoms with Gasteiger partial charge in [-0.05, 0) is 23.6 Å². The summed E-state index contributed by atoms with van der Waals surface area (Å²) in [5, 5.41) is 7.52. The average Bonchev–Trinajstić information content (AvgIpc) is 3.35. The number of hydrogen-bond acceptors (Lipinski definition) is 7. The molecule has 0 fully saturated rings. The molecular formula is C17H15ClN2O3S3. The zero-order valence-electron chi connectivity index (χ0n) is 13.7. The van der Waals surface area contributed by atoms with Crippen molar-refractivity contribution in [2.45, 2.75) is 18.9 Å². The Kier molecular flexibility index (Phi) is 6.42. The summed E-state index contributed by atoms with van der Waals surface area (Å²) in [6.07, 6.45) is 0.247. The molecule has 1 atom stereocenters. The number of aromatic nitrogens is 1. The summed E-state index contributed by atoms with van der Waals surface area (Å²) in [6, 6.07) is 7.12. The van der Waals surface area contributed by atoms with Gasteiger partial charge in [0, 0.05) is 10.3 Å². The lowest BCUT2D eigenvalue weighted by Crippen LogP contribution is -2.31. The fraction of sp³-hybridized carbons (Fsp3) is 0.235. The van der Waals surface area contributed by atoms with Crippen LogP contribution < -0.4 is 5.32 Å². The number of esters is 1. The SMILES string of the molecule is COC(=O)CC(NC(=O)Cc1csc(-c2ccc(Cl)s2)n1)c1cccs1. The predicted molar refractivity (Wildman–Crippen MR) is 106 cm³/mol. The molecule has 0 spiro atoms. The Balaban J connectivity index is 1.65. The normalized spacial score (nSPS) is 11.9. The highest BCUT2D eigenvalue weighted by molar-refractivity contribution is 7.23. The van der Waals surface area contributed by atoms with Gasteiger partial charge in [0.2, 0.25) is 5.91 Å². The lowest BCUT2D eigenvalue weighted by molar-refractivity contribution is -0.141. The molecule has 0 aromatic carbocycles. The molecule has 3 heterocycles. The summed E-state index contributed by atoms with van der Waals surface area (Å²) >= 11 is 10.4. The molecule has 1 unspecified atom stereocenters. The topological polar surface area (TPSA) is 68.3 Å². The number of methoxy groups -OCH3 is 1. The van der Waals surface area contributed by atoms with Crippen LogP contribution in [0, 0.1) is 0 Å². The van der Waals surface area contributed by atoms with Crippen molar-refractivity contribution in [3.63, 3.8) is 0 Å². The average molecular weight is 427 g/mol. The van der Waals surface area contributed by atoms with Gasteiger partial charge in [0.25, 0.3) is 0 Å². The highest BCUT2D eigenvalue weighted by Crippen LogP contribution is 2.33. The fourth-order valence-corrected chi connectivity index (χ4v) is 5.02. The zero-order valence-corrected chi connectivity index (χ0v) is 16.9. The summed E-state index contributed by atoms with van der Waals surface area (Å²) in [5.74, 6) is -0.553. The first-order valence-corrected chi connectivity index (χ1v) is 10.6. The van der Waals surface area contributed by atoms with E-state index in [1.54, 1.807) is 0 Å². The van der Waals surface area contributed by atoms with E-state index < -0.39 is 6.04 Å². The van der Waals surface area contributed by atoms with Crippen molar-refractivity contribution in [1.82, 2.24) is 10.3 Å². The van der Waals surface area contributed by atoms with Crippen LogP contribution in [0.3, 0.4) is 0 Å². The highest BCUT2D eigenvalue weighted by Gasteiger charge is 2.20. The van der Waals surface area contributed by atoms with Crippen molar-refractivity contribution in [2.24, 2.45) is 0 Å². The second-order valence-electron chi connectivity index (χ2n) is 5.34. The van der Waals surface area contributed by atoms with Crippen molar-refractivity contribution in [3.8, 4) is 9.88 Å². The number of hydrogen-bond donors (Lipinski definition) is 1. The Morgan fingerprint density at radius 1 is 1.31 bits per heavy atom. The molecular weight excluding hydrogens is 412 g/mol. The number of halogens is 1. The van der Waals surface area contributed by atoms with Crippen LogP contribution in [0.15, 0.2) is 35.0 Å². The molecule has 5 nitrogen and oxygen atoms in total. The molecule has 0 bridgehead atoms. The number of rotatable bonds is 7. The van der Waals surface area contributed by atoms with Crippen LogP contribution in [0.25, 0.3) is 9.88 Å². The third-order valence-corrected chi connectivity index (χ3v) is 6.78. The minimum atomic E-state index is -0.399. The first-order chi connectivity index (χ1) is 12.5. The van der Waals surface area contributed by atoms with Gasteiger partial charge in [-0.3, -0.25) is 9.59 Å². The minimum absolute atomic E-state index is 0.0960. The Bertz CT molecular complexity index is 889. The molecule has 0 saturated heterocycles. The largest absolute Gasteiger partial charge is 0.469 e. The first-order valence-electron chi connectivity index (χ1n) is 7.65. The molecule has 0 aliphatic heterocycles. The summed E-state index contributed by atoms with van der Waals surface area (Å²) in [5.41, 5.74) is 0.690. The van der Waals surface area contributed by atoms with E-state index in [1.165, 1.54) is 41.1 Å². The fourth-order valence-electron chi connectivity index (χ4n) is 2.30. The smallest absolute Gasteiger partial charge is 0.307 e. The molecule has 0 radical (unpaired) electrons. The van der Waals surface area contributed by atoms with Crippen LogP contribution in [-0.2, 0) is 20.7 Å². The van der Waals surface area contributed by atoms with Crippen molar-refractivity contribution < 1.29 is 14.3 Å². The van der Waals surface area contributed by atoms with Gasteiger partial charge in [0.15, 0.2) is 0 Å². The Morgan fingerprint density at radius 3 is 2.81 bits per heavy atom. The minimum Gasteiger partial charge on any atom is -0.469 e. The number of carbonyl (C=O) groups is 2. The van der Waals surface area contributed by atoms with Crippen LogP contribution >= 0.6 is 45.6 Å². The molecule has 136 valence electrons. The molecule has 0 aliphatic rings. The van der Waals surface area contributed by atoms with E-state index in [1.807, 2.05) is 35.0 Å². The summed E-state index contributed by atoms with van der Waals surface area (Å²) in [4.78, 5) is 30.5. The molecule has 3 aromatic rings. The van der Waals surface area contributed by atoms with E-state index in [2.05, 4.69) is 10.3 Å². The van der Waals surface area contributed by atoms with E-state index in [-0.39, 0.29) is 24.7 Å². The molecule has 0 saturated carbocycles. The van der Waals surface area contributed by atoms with Gasteiger partial charge in [0.05, 0.1) is 40.9 Å². The molecule has 1 N–H and O–H groups in total. The Labute approximate surface area is 167 Å². The lowest BCUT2D eigenvalue weighted by atomic mass is 10.1. The molecule has 0 aliphatic carbocycles. The van der Waals surface area contributed by atoms with Crippen LogP contribution in [-0.4, -0.2) is 24.0 Å². The van der Waals surface area contributed by atoms with Crippen molar-refractivity contribution in [1.29, 1.82) is 0 Å². The quantitative estimate of drug-likeness (QED) is 0.563. The second-order valence-corrected chi connectivity index (χ2v) is 8.89. The number of nitrogens with one attached hydrogen (secondary N) is 1. The van der Waals surface area contributed by atoms with Gasteiger partial charge in [-0.15, -0.1) is 34.0 Å². The van der Waals surface area contributed by atoms with Gasteiger partial charge in [-0.2, -0.15) is 0 Å². The maximum Gasteiger partial charge on any atom is 0.307 e. The molecule has 9 heteroatoms. The molecule has 3 aromatic heterocycles. The lowest BCUT2D eigenvalue weighted by Gasteiger charge is -2.16. The number of thiophene rings is 2. The van der Waals surface area contributed by atoms with E-state index in [0.29, 0.717) is 10.0 Å². The molecule has 26 heavy (non-hydrogen) atoms.